The van der Waals surface area contributed by atoms with Gasteiger partial charge in [0.2, 0.25) is 0 Å². The van der Waals surface area contributed by atoms with E-state index in [1.165, 1.54) is 5.69 Å². The van der Waals surface area contributed by atoms with Gasteiger partial charge in [0.05, 0.1) is 5.69 Å². The van der Waals surface area contributed by atoms with Crippen LogP contribution in [0.3, 0.4) is 0 Å². The Morgan fingerprint density at radius 1 is 0.800 bits per heavy atom. The maximum atomic E-state index is 10.7. The average Bonchev–Trinajstić information content (AvgIpc) is 2.73. The fourth-order valence-corrected chi connectivity index (χ4v) is 2.18. The average molecular weight is 603 g/mol. The minimum absolute atomic E-state index is 0. The summed E-state index contributed by atoms with van der Waals surface area (Å²) in [5.41, 5.74) is -9.90. The molecule has 2 heterocycles. The summed E-state index contributed by atoms with van der Waals surface area (Å²) < 4.78 is 115. The first-order valence-electron chi connectivity index (χ1n) is 9.31. The molecule has 19 heteroatoms. The summed E-state index contributed by atoms with van der Waals surface area (Å²) in [6.45, 7) is 7.81. The summed E-state index contributed by atoms with van der Waals surface area (Å²) in [5, 5.41) is 0. The van der Waals surface area contributed by atoms with Crippen LogP contribution in [0.5, 0.6) is 0 Å². The van der Waals surface area contributed by atoms with Crippen molar-refractivity contribution in [2.45, 2.75) is 17.6 Å². The molecule has 0 aliphatic carbocycles. The van der Waals surface area contributed by atoms with E-state index in [9.17, 15) is 26.3 Å². The van der Waals surface area contributed by atoms with E-state index in [4.69, 9.17) is 25.9 Å². The number of nitrogens with zero attached hydrogens (tertiary/aromatic N) is 4. The van der Waals surface area contributed by atoms with E-state index in [1.54, 1.807) is 0 Å². The van der Waals surface area contributed by atoms with Crippen LogP contribution in [0.4, 0.5) is 26.3 Å². The van der Waals surface area contributed by atoms with Crippen LogP contribution in [-0.4, -0.2) is 110 Å². The Morgan fingerprint density at radius 3 is 1.43 bits per heavy atom. The van der Waals surface area contributed by atoms with Gasteiger partial charge in [0, 0.05) is 69.1 Å². The van der Waals surface area contributed by atoms with Crippen molar-refractivity contribution in [3.63, 3.8) is 0 Å². The fraction of sp³-hybridized carbons (Fsp3) is 0.688. The molecule has 35 heavy (non-hydrogen) atoms. The number of hydrogen-bond acceptors (Lipinski definition) is 8. The van der Waals surface area contributed by atoms with Crippen LogP contribution in [0.25, 0.3) is 0 Å². The first-order valence-corrected chi connectivity index (χ1v) is 12.2. The van der Waals surface area contributed by atoms with Crippen molar-refractivity contribution in [1.29, 1.82) is 0 Å². The number of rotatable bonds is 2. The number of aromatic nitrogens is 1. The fourth-order valence-electron chi connectivity index (χ4n) is 2.18. The molecule has 0 atom stereocenters. The van der Waals surface area contributed by atoms with Gasteiger partial charge in [-0.3, -0.25) is 19.0 Å². The van der Waals surface area contributed by atoms with E-state index in [1.807, 2.05) is 12.3 Å². The summed E-state index contributed by atoms with van der Waals surface area (Å²) in [5.74, 6) is 0. The van der Waals surface area contributed by atoms with Crippen LogP contribution < -0.4 is 0 Å². The third-order valence-electron chi connectivity index (χ3n) is 4.16. The Bertz CT molecular complexity index is 880. The molecular weight excluding hydrogens is 577 g/mol. The van der Waals surface area contributed by atoms with E-state index in [2.05, 4.69) is 45.9 Å². The van der Waals surface area contributed by atoms with Gasteiger partial charge in [-0.05, 0) is 26.2 Å². The van der Waals surface area contributed by atoms with Crippen molar-refractivity contribution in [2.24, 2.45) is 0 Å². The quantitative estimate of drug-likeness (QED) is 0.222. The number of alkyl halides is 6. The zero-order chi connectivity index (χ0) is 26.8. The molecule has 0 amide bonds. The minimum Gasteiger partial charge on any atom is -0.304 e. The van der Waals surface area contributed by atoms with Gasteiger partial charge in [0.15, 0.2) is 0 Å². The van der Waals surface area contributed by atoms with Crippen LogP contribution >= 0.6 is 0 Å². The van der Waals surface area contributed by atoms with Crippen molar-refractivity contribution in [1.82, 2.24) is 19.7 Å². The predicted molar refractivity (Wildman–Crippen MR) is 110 cm³/mol. The Morgan fingerprint density at radius 2 is 1.14 bits per heavy atom. The van der Waals surface area contributed by atoms with E-state index >= 15 is 0 Å². The van der Waals surface area contributed by atoms with E-state index in [0.29, 0.717) is 0 Å². The Labute approximate surface area is 210 Å². The normalized spacial score (nSPS) is 17.3. The molecular formula is C16H26F6MnN4O6S2. The number of likely N-dealkylation sites (N-methyl/N-ethyl adjacent to an activating group) is 2. The molecule has 207 valence electrons. The molecule has 1 aromatic rings. The Kier molecular flexibility index (Phi) is 15.7. The summed E-state index contributed by atoms with van der Waals surface area (Å²) in [4.78, 5) is 11.7. The van der Waals surface area contributed by atoms with E-state index in [0.717, 1.165) is 45.8 Å². The molecule has 1 aliphatic heterocycles. The van der Waals surface area contributed by atoms with Gasteiger partial charge in [-0.1, -0.05) is 6.07 Å². The summed E-state index contributed by atoms with van der Waals surface area (Å²) in [7, 11) is -7.27. The third kappa shape index (κ3) is 16.3. The second kappa shape index (κ2) is 15.3. The molecule has 0 spiro atoms. The monoisotopic (exact) mass is 603 g/mol. The summed E-state index contributed by atoms with van der Waals surface area (Å²) >= 11 is 0. The molecule has 2 N–H and O–H groups in total. The van der Waals surface area contributed by atoms with Gasteiger partial charge in [-0.15, -0.1) is 0 Å². The Balaban J connectivity index is 0. The van der Waals surface area contributed by atoms with Crippen LogP contribution in [0.2, 0.25) is 0 Å². The molecule has 0 unspecified atom stereocenters. The molecule has 0 aromatic carbocycles. The number of halogens is 6. The molecule has 2 rings (SSSR count). The number of hydrogen-bond donors (Lipinski definition) is 2. The second-order valence-electron chi connectivity index (χ2n) is 7.05. The van der Waals surface area contributed by atoms with E-state index < -0.39 is 31.3 Å². The predicted octanol–water partition coefficient (Wildman–Crippen LogP) is 1.55. The summed E-state index contributed by atoms with van der Waals surface area (Å²) in [6.07, 6.45) is 1.88. The van der Waals surface area contributed by atoms with Gasteiger partial charge in [0.25, 0.3) is 0 Å². The van der Waals surface area contributed by atoms with Crippen molar-refractivity contribution < 1.29 is 69.4 Å². The van der Waals surface area contributed by atoms with Gasteiger partial charge in [-0.2, -0.15) is 43.2 Å². The standard InChI is InChI=1S/C14H24N4.2CHF3O3S.Mn/c1-16-7-8-17(2)10-12-18(11-9-16)13-14-5-3-4-6-15-14;2*2-1(3,4)8(5,6)7;/h3-6H,7-13H2,1-2H3;2*(H,5,6,7);. The third-order valence-corrected chi connectivity index (χ3v) is 5.33. The first kappa shape index (κ1) is 36.1. The molecule has 0 bridgehead atoms. The van der Waals surface area contributed by atoms with Gasteiger partial charge in [0.1, 0.15) is 0 Å². The minimum atomic E-state index is -5.84. The van der Waals surface area contributed by atoms with Gasteiger partial charge < -0.3 is 9.80 Å². The van der Waals surface area contributed by atoms with Crippen molar-refractivity contribution in [3.8, 4) is 0 Å². The zero-order valence-electron chi connectivity index (χ0n) is 18.5. The first-order chi connectivity index (χ1) is 15.2. The second-order valence-corrected chi connectivity index (χ2v) is 9.87. The molecule has 10 nitrogen and oxygen atoms in total. The van der Waals surface area contributed by atoms with Crippen LogP contribution in [0.15, 0.2) is 24.4 Å². The largest absolute Gasteiger partial charge is 0.522 e. The SMILES string of the molecule is CN1CCN(C)CCN(Cc2ccccn2)CC1.O=S(=O)(O)C(F)(F)F.O=S(=O)(O)C(F)(F)F.[Mn]. The number of pyridine rings is 1. The van der Waals surface area contributed by atoms with Gasteiger partial charge >= 0.3 is 31.3 Å². The molecule has 1 radical (unpaired) electrons. The van der Waals surface area contributed by atoms with Crippen LogP contribution in [0, 0.1) is 0 Å². The van der Waals surface area contributed by atoms with Crippen molar-refractivity contribution >= 4 is 20.2 Å². The van der Waals surface area contributed by atoms with Crippen molar-refractivity contribution in [2.75, 3.05) is 53.4 Å². The van der Waals surface area contributed by atoms with Crippen LogP contribution in [0.1, 0.15) is 5.69 Å². The Hall–Kier alpha value is -1.05. The van der Waals surface area contributed by atoms with E-state index in [-0.39, 0.29) is 17.1 Å². The maximum Gasteiger partial charge on any atom is 0.522 e. The molecule has 1 aliphatic rings. The smallest absolute Gasteiger partial charge is 0.304 e. The zero-order valence-corrected chi connectivity index (χ0v) is 21.4. The van der Waals surface area contributed by atoms with Crippen LogP contribution in [-0.2, 0) is 43.8 Å². The topological polar surface area (TPSA) is 131 Å². The molecule has 1 fully saturated rings. The maximum absolute atomic E-state index is 10.7. The van der Waals surface area contributed by atoms with Gasteiger partial charge in [-0.25, -0.2) is 0 Å². The summed E-state index contributed by atoms with van der Waals surface area (Å²) in [6, 6.07) is 6.15. The molecule has 1 saturated heterocycles. The van der Waals surface area contributed by atoms with Crippen molar-refractivity contribution in [3.05, 3.63) is 30.1 Å². The molecule has 0 saturated carbocycles. The molecule has 1 aromatic heterocycles.